The van der Waals surface area contributed by atoms with E-state index in [1.807, 2.05) is 18.2 Å². The van der Waals surface area contributed by atoms with Gasteiger partial charge in [0.15, 0.2) is 0 Å². The van der Waals surface area contributed by atoms with Gasteiger partial charge in [0.05, 0.1) is 0 Å². The SMILES string of the molecule is O=C1CCc2ccc(SS)cc2N1. The number of rotatable bonds is 1. The van der Waals surface area contributed by atoms with E-state index in [0.717, 1.165) is 17.0 Å². The van der Waals surface area contributed by atoms with Crippen molar-refractivity contribution in [2.24, 2.45) is 0 Å². The first kappa shape index (κ1) is 8.97. The molecule has 1 heterocycles. The van der Waals surface area contributed by atoms with Gasteiger partial charge in [-0.2, -0.15) is 0 Å². The molecule has 0 saturated carbocycles. The number of benzene rings is 1. The number of thiol groups is 1. The van der Waals surface area contributed by atoms with E-state index in [2.05, 4.69) is 17.0 Å². The maximum atomic E-state index is 11.1. The van der Waals surface area contributed by atoms with Crippen LogP contribution in [-0.4, -0.2) is 5.91 Å². The van der Waals surface area contributed by atoms with Crippen molar-refractivity contribution in [1.82, 2.24) is 0 Å². The molecule has 68 valence electrons. The van der Waals surface area contributed by atoms with E-state index in [1.165, 1.54) is 16.4 Å². The Bertz CT molecular complexity index is 351. The predicted molar refractivity (Wildman–Crippen MR) is 58.2 cm³/mol. The molecule has 0 saturated heterocycles. The highest BCUT2D eigenvalue weighted by molar-refractivity contribution is 8.68. The molecule has 0 aromatic heterocycles. The lowest BCUT2D eigenvalue weighted by Gasteiger charge is -2.16. The fourth-order valence-electron chi connectivity index (χ4n) is 1.41. The Morgan fingerprint density at radius 1 is 1.38 bits per heavy atom. The van der Waals surface area contributed by atoms with Crippen LogP contribution < -0.4 is 5.32 Å². The molecule has 1 aliphatic rings. The number of hydrogen-bond donors (Lipinski definition) is 2. The summed E-state index contributed by atoms with van der Waals surface area (Å²) in [5, 5.41) is 2.85. The Labute approximate surface area is 85.9 Å². The Kier molecular flexibility index (Phi) is 2.51. The number of anilines is 1. The van der Waals surface area contributed by atoms with E-state index in [1.54, 1.807) is 0 Å². The largest absolute Gasteiger partial charge is 0.326 e. The molecule has 0 fully saturated rings. The van der Waals surface area contributed by atoms with Crippen molar-refractivity contribution in [2.45, 2.75) is 17.7 Å². The standard InChI is InChI=1S/C9H9NOS2/c11-9-4-2-6-1-3-7(13-12)5-8(6)10-9/h1,3,5,12H,2,4H2,(H,10,11). The highest BCUT2D eigenvalue weighted by atomic mass is 33.1. The summed E-state index contributed by atoms with van der Waals surface area (Å²) >= 11 is 4.10. The highest BCUT2D eigenvalue weighted by Crippen LogP contribution is 2.29. The second kappa shape index (κ2) is 3.64. The van der Waals surface area contributed by atoms with Gasteiger partial charge in [0.1, 0.15) is 0 Å². The number of hydrogen-bond acceptors (Lipinski definition) is 3. The predicted octanol–water partition coefficient (Wildman–Crippen LogP) is 2.51. The maximum Gasteiger partial charge on any atom is 0.224 e. The number of aryl methyl sites for hydroxylation is 1. The lowest BCUT2D eigenvalue weighted by Crippen LogP contribution is -2.18. The normalized spacial score (nSPS) is 15.0. The van der Waals surface area contributed by atoms with Gasteiger partial charge in [-0.25, -0.2) is 0 Å². The van der Waals surface area contributed by atoms with Gasteiger partial charge in [0.25, 0.3) is 0 Å². The van der Waals surface area contributed by atoms with E-state index in [-0.39, 0.29) is 5.91 Å². The molecule has 4 heteroatoms. The van der Waals surface area contributed by atoms with Crippen molar-refractivity contribution in [3.05, 3.63) is 23.8 Å². The highest BCUT2D eigenvalue weighted by Gasteiger charge is 2.14. The molecule has 2 nitrogen and oxygen atoms in total. The first-order valence-corrected chi connectivity index (χ1v) is 5.90. The molecule has 0 bridgehead atoms. The summed E-state index contributed by atoms with van der Waals surface area (Å²) in [7, 11) is 1.39. The van der Waals surface area contributed by atoms with Gasteiger partial charge in [-0.1, -0.05) is 16.9 Å². The zero-order valence-electron chi connectivity index (χ0n) is 6.91. The minimum Gasteiger partial charge on any atom is -0.326 e. The van der Waals surface area contributed by atoms with Crippen LogP contribution in [0.1, 0.15) is 12.0 Å². The summed E-state index contributed by atoms with van der Waals surface area (Å²) < 4.78 is 0. The monoisotopic (exact) mass is 211 g/mol. The zero-order chi connectivity index (χ0) is 9.26. The molecule has 0 atom stereocenters. The molecule has 1 aromatic rings. The van der Waals surface area contributed by atoms with E-state index in [9.17, 15) is 4.79 Å². The molecule has 0 aliphatic carbocycles. The third-order valence-electron chi connectivity index (χ3n) is 2.08. The molecule has 2 rings (SSSR count). The van der Waals surface area contributed by atoms with Crippen LogP contribution in [0.5, 0.6) is 0 Å². The second-order valence-corrected chi connectivity index (χ2v) is 4.16. The van der Waals surface area contributed by atoms with Gasteiger partial charge in [-0.15, -0.1) is 11.7 Å². The maximum absolute atomic E-state index is 11.1. The summed E-state index contributed by atoms with van der Waals surface area (Å²) in [6.07, 6.45) is 1.44. The van der Waals surface area contributed by atoms with Gasteiger partial charge in [-0.05, 0) is 24.1 Å². The summed E-state index contributed by atoms with van der Waals surface area (Å²) in [6, 6.07) is 6.03. The van der Waals surface area contributed by atoms with Crippen molar-refractivity contribution in [1.29, 1.82) is 0 Å². The first-order valence-electron chi connectivity index (χ1n) is 4.04. The third kappa shape index (κ3) is 1.84. The van der Waals surface area contributed by atoms with E-state index in [4.69, 9.17) is 0 Å². The summed E-state index contributed by atoms with van der Waals surface area (Å²) in [5.74, 6) is 0.105. The van der Waals surface area contributed by atoms with Gasteiger partial charge >= 0.3 is 0 Å². The number of nitrogens with one attached hydrogen (secondary N) is 1. The molecule has 13 heavy (non-hydrogen) atoms. The van der Waals surface area contributed by atoms with E-state index >= 15 is 0 Å². The van der Waals surface area contributed by atoms with Crippen LogP contribution in [0.2, 0.25) is 0 Å². The van der Waals surface area contributed by atoms with Crippen molar-refractivity contribution >= 4 is 34.0 Å². The smallest absolute Gasteiger partial charge is 0.224 e. The summed E-state index contributed by atoms with van der Waals surface area (Å²) in [6.45, 7) is 0. The molecular formula is C9H9NOS2. The van der Waals surface area contributed by atoms with Crippen LogP contribution in [0, 0.1) is 0 Å². The molecule has 1 amide bonds. The minimum absolute atomic E-state index is 0.105. The quantitative estimate of drug-likeness (QED) is 0.552. The molecule has 1 aliphatic heterocycles. The molecule has 0 spiro atoms. The fraction of sp³-hybridized carbons (Fsp3) is 0.222. The van der Waals surface area contributed by atoms with Gasteiger partial charge in [0, 0.05) is 17.0 Å². The minimum atomic E-state index is 0.105. The Morgan fingerprint density at radius 3 is 3.00 bits per heavy atom. The van der Waals surface area contributed by atoms with Crippen LogP contribution in [0.4, 0.5) is 5.69 Å². The second-order valence-electron chi connectivity index (χ2n) is 2.96. The average molecular weight is 211 g/mol. The van der Waals surface area contributed by atoms with Crippen LogP contribution in [0.3, 0.4) is 0 Å². The Hall–Kier alpha value is -0.610. The molecule has 0 unspecified atom stereocenters. The molecule has 1 aromatic carbocycles. The van der Waals surface area contributed by atoms with Crippen molar-refractivity contribution in [3.63, 3.8) is 0 Å². The number of carbonyl (C=O) groups excluding carboxylic acids is 1. The number of fused-ring (bicyclic) bond motifs is 1. The van der Waals surface area contributed by atoms with Gasteiger partial charge in [-0.3, -0.25) is 4.79 Å². The molecule has 0 radical (unpaired) electrons. The van der Waals surface area contributed by atoms with Crippen molar-refractivity contribution < 1.29 is 4.79 Å². The lowest BCUT2D eigenvalue weighted by atomic mass is 10.0. The molecular weight excluding hydrogens is 202 g/mol. The van der Waals surface area contributed by atoms with E-state index < -0.39 is 0 Å². The van der Waals surface area contributed by atoms with Crippen LogP contribution in [0.25, 0.3) is 0 Å². The topological polar surface area (TPSA) is 29.1 Å². The van der Waals surface area contributed by atoms with Crippen molar-refractivity contribution in [3.8, 4) is 0 Å². The van der Waals surface area contributed by atoms with Crippen molar-refractivity contribution in [2.75, 3.05) is 5.32 Å². The van der Waals surface area contributed by atoms with Crippen LogP contribution >= 0.6 is 22.5 Å². The molecule has 1 N–H and O–H groups in total. The van der Waals surface area contributed by atoms with Gasteiger partial charge < -0.3 is 5.32 Å². The summed E-state index contributed by atoms with van der Waals surface area (Å²) in [4.78, 5) is 12.1. The third-order valence-corrected chi connectivity index (χ3v) is 3.18. The Balaban J connectivity index is 2.38. The lowest BCUT2D eigenvalue weighted by molar-refractivity contribution is -0.116. The average Bonchev–Trinajstić information content (AvgIpc) is 2.16. The van der Waals surface area contributed by atoms with Crippen LogP contribution in [-0.2, 0) is 11.2 Å². The van der Waals surface area contributed by atoms with Crippen LogP contribution in [0.15, 0.2) is 23.1 Å². The fourth-order valence-corrected chi connectivity index (χ4v) is 2.05. The van der Waals surface area contributed by atoms with Gasteiger partial charge in [0.2, 0.25) is 5.91 Å². The first-order chi connectivity index (χ1) is 6.29. The van der Waals surface area contributed by atoms with E-state index in [0.29, 0.717) is 6.42 Å². The number of amides is 1. The summed E-state index contributed by atoms with van der Waals surface area (Å²) in [5.41, 5.74) is 2.15. The Morgan fingerprint density at radius 2 is 2.23 bits per heavy atom. The number of carbonyl (C=O) groups is 1. The zero-order valence-corrected chi connectivity index (χ0v) is 8.62.